The van der Waals surface area contributed by atoms with Crippen LogP contribution in [0.15, 0.2) is 66.9 Å². The molecule has 28 heavy (non-hydrogen) atoms. The molecule has 3 rings (SSSR count). The number of aryl methyl sites for hydroxylation is 1. The molecule has 0 bridgehead atoms. The van der Waals surface area contributed by atoms with Crippen LogP contribution in [0.5, 0.6) is 0 Å². The van der Waals surface area contributed by atoms with Crippen LogP contribution in [0.3, 0.4) is 0 Å². The Kier molecular flexibility index (Phi) is 5.73. The van der Waals surface area contributed by atoms with Crippen molar-refractivity contribution in [2.24, 2.45) is 0 Å². The number of carbonyl (C=O) groups excluding carboxylic acids is 1. The third kappa shape index (κ3) is 4.73. The predicted octanol–water partition coefficient (Wildman–Crippen LogP) is 5.19. The summed E-state index contributed by atoms with van der Waals surface area (Å²) < 4.78 is 41.1. The second kappa shape index (κ2) is 8.21. The zero-order valence-electron chi connectivity index (χ0n) is 15.3. The van der Waals surface area contributed by atoms with Gasteiger partial charge in [-0.2, -0.15) is 13.2 Å². The molecule has 2 amide bonds. The summed E-state index contributed by atoms with van der Waals surface area (Å²) in [6, 6.07) is 15.9. The van der Waals surface area contributed by atoms with Crippen LogP contribution in [-0.4, -0.2) is 10.6 Å². The number of rotatable bonds is 5. The van der Waals surface area contributed by atoms with E-state index in [4.69, 9.17) is 0 Å². The third-order valence-electron chi connectivity index (χ3n) is 4.44. The fourth-order valence-corrected chi connectivity index (χ4v) is 2.91. The Hall–Kier alpha value is -3.22. The number of hydrogen-bond acceptors (Lipinski definition) is 1. The highest BCUT2D eigenvalue weighted by Crippen LogP contribution is 2.34. The van der Waals surface area contributed by atoms with Gasteiger partial charge in [-0.15, -0.1) is 0 Å². The van der Waals surface area contributed by atoms with Gasteiger partial charge < -0.3 is 15.2 Å². The highest BCUT2D eigenvalue weighted by atomic mass is 19.4. The number of halogens is 3. The summed E-state index contributed by atoms with van der Waals surface area (Å²) in [6.07, 6.45) is -2.63. The van der Waals surface area contributed by atoms with Gasteiger partial charge in [-0.3, -0.25) is 0 Å². The van der Waals surface area contributed by atoms with Gasteiger partial charge in [0, 0.05) is 18.4 Å². The Labute approximate surface area is 161 Å². The number of carbonyl (C=O) groups is 1. The summed E-state index contributed by atoms with van der Waals surface area (Å²) in [5.74, 6) is 0. The van der Waals surface area contributed by atoms with E-state index in [0.29, 0.717) is 6.54 Å². The summed E-state index contributed by atoms with van der Waals surface area (Å²) in [5.41, 5.74) is 2.01. The van der Waals surface area contributed by atoms with Crippen molar-refractivity contribution in [2.45, 2.75) is 26.2 Å². The Morgan fingerprint density at radius 3 is 2.46 bits per heavy atom. The van der Waals surface area contributed by atoms with Crippen LogP contribution in [0.1, 0.15) is 22.4 Å². The number of urea groups is 1. The second-order valence-electron chi connectivity index (χ2n) is 6.40. The maximum atomic E-state index is 13.0. The van der Waals surface area contributed by atoms with Crippen molar-refractivity contribution < 1.29 is 18.0 Å². The van der Waals surface area contributed by atoms with E-state index in [0.717, 1.165) is 22.9 Å². The molecule has 7 heteroatoms. The van der Waals surface area contributed by atoms with Crippen LogP contribution in [0.4, 0.5) is 23.7 Å². The minimum atomic E-state index is -4.54. The maximum absolute atomic E-state index is 13.0. The average molecular weight is 387 g/mol. The minimum Gasteiger partial charge on any atom is -0.345 e. The van der Waals surface area contributed by atoms with Gasteiger partial charge in [0.25, 0.3) is 0 Å². The molecule has 3 aromatic rings. The van der Waals surface area contributed by atoms with Crippen molar-refractivity contribution >= 4 is 11.7 Å². The molecule has 0 spiro atoms. The first kappa shape index (κ1) is 19.5. The van der Waals surface area contributed by atoms with Gasteiger partial charge in [0.2, 0.25) is 0 Å². The average Bonchev–Trinajstić information content (AvgIpc) is 3.08. The van der Waals surface area contributed by atoms with E-state index >= 15 is 0 Å². The molecule has 2 N–H and O–H groups in total. The zero-order valence-corrected chi connectivity index (χ0v) is 15.3. The van der Waals surface area contributed by atoms with Crippen LogP contribution in [0, 0.1) is 6.92 Å². The van der Waals surface area contributed by atoms with E-state index in [9.17, 15) is 18.0 Å². The number of nitrogens with one attached hydrogen (secondary N) is 2. The Morgan fingerprint density at radius 1 is 1.00 bits per heavy atom. The second-order valence-corrected chi connectivity index (χ2v) is 6.40. The molecule has 4 nitrogen and oxygen atoms in total. The van der Waals surface area contributed by atoms with E-state index in [1.807, 2.05) is 54.1 Å². The summed E-state index contributed by atoms with van der Waals surface area (Å²) in [7, 11) is 0. The van der Waals surface area contributed by atoms with Gasteiger partial charge in [0.05, 0.1) is 17.8 Å². The van der Waals surface area contributed by atoms with Crippen LogP contribution in [-0.2, 0) is 19.3 Å². The van der Waals surface area contributed by atoms with E-state index in [1.54, 1.807) is 0 Å². The van der Waals surface area contributed by atoms with Crippen molar-refractivity contribution in [3.63, 3.8) is 0 Å². The lowest BCUT2D eigenvalue weighted by atomic mass is 10.1. The summed E-state index contributed by atoms with van der Waals surface area (Å²) in [5, 5.41) is 4.89. The monoisotopic (exact) mass is 387 g/mol. The molecule has 0 fully saturated rings. The molecular formula is C21H20F3N3O. The number of aromatic nitrogens is 1. The lowest BCUT2D eigenvalue weighted by molar-refractivity contribution is -0.136. The molecule has 146 valence electrons. The lowest BCUT2D eigenvalue weighted by Crippen LogP contribution is -2.30. The SMILES string of the molecule is Cc1ccccc1Cn1cccc1CNC(=O)Nc1ccccc1C(F)(F)F. The first-order chi connectivity index (χ1) is 13.3. The zero-order chi connectivity index (χ0) is 20.1. The number of nitrogens with zero attached hydrogens (tertiary/aromatic N) is 1. The summed E-state index contributed by atoms with van der Waals surface area (Å²) >= 11 is 0. The first-order valence-corrected chi connectivity index (χ1v) is 8.74. The number of para-hydroxylation sites is 1. The number of benzene rings is 2. The molecule has 0 unspecified atom stereocenters. The molecule has 1 heterocycles. The fraction of sp³-hybridized carbons (Fsp3) is 0.190. The fourth-order valence-electron chi connectivity index (χ4n) is 2.91. The molecule has 0 radical (unpaired) electrons. The van der Waals surface area contributed by atoms with Gasteiger partial charge in [-0.1, -0.05) is 36.4 Å². The van der Waals surface area contributed by atoms with E-state index in [-0.39, 0.29) is 12.2 Å². The summed E-state index contributed by atoms with van der Waals surface area (Å²) in [6.45, 7) is 2.87. The van der Waals surface area contributed by atoms with Gasteiger partial charge in [0.15, 0.2) is 0 Å². The molecule has 0 saturated carbocycles. The Bertz CT molecular complexity index is 963. The Balaban J connectivity index is 1.64. The number of amides is 2. The van der Waals surface area contributed by atoms with Crippen molar-refractivity contribution in [1.29, 1.82) is 0 Å². The van der Waals surface area contributed by atoms with Crippen molar-refractivity contribution in [1.82, 2.24) is 9.88 Å². The van der Waals surface area contributed by atoms with Crippen molar-refractivity contribution in [3.8, 4) is 0 Å². The number of hydrogen-bond donors (Lipinski definition) is 2. The normalized spacial score (nSPS) is 11.3. The predicted molar refractivity (Wildman–Crippen MR) is 102 cm³/mol. The van der Waals surface area contributed by atoms with Crippen LogP contribution in [0.25, 0.3) is 0 Å². The highest BCUT2D eigenvalue weighted by Gasteiger charge is 2.33. The van der Waals surface area contributed by atoms with Crippen LogP contribution in [0.2, 0.25) is 0 Å². The van der Waals surface area contributed by atoms with Gasteiger partial charge in [-0.05, 0) is 42.3 Å². The Morgan fingerprint density at radius 2 is 1.71 bits per heavy atom. The topological polar surface area (TPSA) is 46.1 Å². The maximum Gasteiger partial charge on any atom is 0.418 e. The minimum absolute atomic E-state index is 0.193. The molecule has 0 atom stereocenters. The van der Waals surface area contributed by atoms with E-state index in [2.05, 4.69) is 10.6 Å². The van der Waals surface area contributed by atoms with Gasteiger partial charge >= 0.3 is 12.2 Å². The van der Waals surface area contributed by atoms with Crippen LogP contribution >= 0.6 is 0 Å². The van der Waals surface area contributed by atoms with E-state index < -0.39 is 17.8 Å². The number of anilines is 1. The van der Waals surface area contributed by atoms with Crippen LogP contribution < -0.4 is 10.6 Å². The molecule has 2 aromatic carbocycles. The first-order valence-electron chi connectivity index (χ1n) is 8.74. The third-order valence-corrected chi connectivity index (χ3v) is 4.44. The lowest BCUT2D eigenvalue weighted by Gasteiger charge is -2.15. The van der Waals surface area contributed by atoms with E-state index in [1.165, 1.54) is 18.2 Å². The molecule has 0 aliphatic carbocycles. The van der Waals surface area contributed by atoms with Gasteiger partial charge in [0.1, 0.15) is 0 Å². The molecule has 0 aliphatic heterocycles. The number of alkyl halides is 3. The standard InChI is InChI=1S/C21H20F3N3O/c1-15-7-2-3-8-16(15)14-27-12-6-9-17(27)13-25-20(28)26-19-11-5-4-10-18(19)21(22,23)24/h2-12H,13-14H2,1H3,(H2,25,26,28). The molecular weight excluding hydrogens is 367 g/mol. The van der Waals surface area contributed by atoms with Crippen molar-refractivity contribution in [3.05, 3.63) is 89.2 Å². The van der Waals surface area contributed by atoms with Gasteiger partial charge in [-0.25, -0.2) is 4.79 Å². The largest absolute Gasteiger partial charge is 0.418 e. The molecule has 0 aliphatic rings. The molecule has 1 aromatic heterocycles. The smallest absolute Gasteiger partial charge is 0.345 e. The summed E-state index contributed by atoms with van der Waals surface area (Å²) in [4.78, 5) is 12.1. The quantitative estimate of drug-likeness (QED) is 0.622. The van der Waals surface area contributed by atoms with Crippen molar-refractivity contribution in [2.75, 3.05) is 5.32 Å². The highest BCUT2D eigenvalue weighted by molar-refractivity contribution is 5.90. The molecule has 0 saturated heterocycles.